The molecule has 0 aromatic heterocycles. The quantitative estimate of drug-likeness (QED) is 0.218. The zero-order chi connectivity index (χ0) is 21.8. The Bertz CT molecular complexity index is 586. The highest BCUT2D eigenvalue weighted by molar-refractivity contribution is 7.85. The average Bonchev–Trinajstić information content (AvgIpc) is 2.59. The van der Waals surface area contributed by atoms with Crippen LogP contribution in [0.4, 0.5) is 0 Å². The van der Waals surface area contributed by atoms with Crippen molar-refractivity contribution >= 4 is 22.1 Å². The van der Waals surface area contributed by atoms with Gasteiger partial charge in [0.15, 0.2) is 0 Å². The Morgan fingerprint density at radius 2 is 1.39 bits per heavy atom. The highest BCUT2D eigenvalue weighted by Crippen LogP contribution is 2.38. The van der Waals surface area contributed by atoms with Crippen molar-refractivity contribution in [3.63, 3.8) is 0 Å². The summed E-state index contributed by atoms with van der Waals surface area (Å²) in [6.45, 7) is 7.74. The van der Waals surface area contributed by atoms with E-state index in [0.29, 0.717) is 19.6 Å². The number of ether oxygens (including phenoxy) is 4. The van der Waals surface area contributed by atoms with E-state index in [2.05, 4.69) is 4.18 Å². The molecule has 0 bridgehead atoms. The molecule has 0 spiro atoms. The molecule has 0 aromatic rings. The van der Waals surface area contributed by atoms with E-state index < -0.39 is 32.9 Å². The summed E-state index contributed by atoms with van der Waals surface area (Å²) in [5.74, 6) is -0.952. The molecule has 0 rings (SSSR count). The Balaban J connectivity index is 4.58. The second-order valence-corrected chi connectivity index (χ2v) is 9.02. The molecule has 0 heterocycles. The fourth-order valence-corrected chi connectivity index (χ4v) is 2.89. The molecule has 0 fully saturated rings. The van der Waals surface area contributed by atoms with Gasteiger partial charge in [-0.3, -0.25) is 13.8 Å². The van der Waals surface area contributed by atoms with Gasteiger partial charge in [-0.1, -0.05) is 6.92 Å². The van der Waals surface area contributed by atoms with Crippen LogP contribution < -0.4 is 0 Å². The van der Waals surface area contributed by atoms with Gasteiger partial charge in [-0.15, -0.1) is 0 Å². The zero-order valence-electron chi connectivity index (χ0n) is 17.7. The molecular formula is C18H34O9S. The molecule has 28 heavy (non-hydrogen) atoms. The van der Waals surface area contributed by atoms with Gasteiger partial charge in [0, 0.05) is 7.11 Å². The third-order valence-corrected chi connectivity index (χ3v) is 4.76. The molecular weight excluding hydrogens is 392 g/mol. The molecule has 166 valence electrons. The summed E-state index contributed by atoms with van der Waals surface area (Å²) in [6, 6.07) is 0. The Hall–Kier alpha value is -1.23. The lowest BCUT2D eigenvalue weighted by Crippen LogP contribution is -2.39. The van der Waals surface area contributed by atoms with E-state index in [4.69, 9.17) is 18.9 Å². The summed E-state index contributed by atoms with van der Waals surface area (Å²) < 4.78 is 46.8. The summed E-state index contributed by atoms with van der Waals surface area (Å²) in [4.78, 5) is 24.9. The van der Waals surface area contributed by atoms with E-state index in [1.54, 1.807) is 27.9 Å². The summed E-state index contributed by atoms with van der Waals surface area (Å²) >= 11 is 0. The number of methoxy groups -OCH3 is 1. The lowest BCUT2D eigenvalue weighted by atomic mass is 9.72. The van der Waals surface area contributed by atoms with Crippen LogP contribution in [0.5, 0.6) is 0 Å². The molecule has 10 heteroatoms. The van der Waals surface area contributed by atoms with E-state index >= 15 is 0 Å². The minimum absolute atomic E-state index is 0.117. The van der Waals surface area contributed by atoms with Crippen LogP contribution in [0.3, 0.4) is 0 Å². The fourth-order valence-electron chi connectivity index (χ4n) is 2.52. The van der Waals surface area contributed by atoms with Crippen molar-refractivity contribution in [2.45, 2.75) is 40.5 Å². The molecule has 0 aliphatic carbocycles. The van der Waals surface area contributed by atoms with E-state index in [1.165, 1.54) is 0 Å². The number of hydrogen-bond donors (Lipinski definition) is 0. The maximum atomic E-state index is 12.5. The Labute approximate surface area is 168 Å². The van der Waals surface area contributed by atoms with Gasteiger partial charge in [0.2, 0.25) is 0 Å². The van der Waals surface area contributed by atoms with E-state index in [-0.39, 0.29) is 32.8 Å². The minimum Gasteiger partial charge on any atom is -0.463 e. The van der Waals surface area contributed by atoms with Gasteiger partial charge in [0.25, 0.3) is 10.1 Å². The van der Waals surface area contributed by atoms with Gasteiger partial charge in [-0.2, -0.15) is 8.42 Å². The SMILES string of the molecule is CCC(C)(CC(C)(C)C(=O)OCCOS(C)(=O)=O)C(=O)OCCOCCOC. The van der Waals surface area contributed by atoms with Gasteiger partial charge in [-0.05, 0) is 33.6 Å². The standard InChI is InChI=1S/C18H34O9S/c1-7-18(4,16(20)26-11-10-24-9-8-23-5)14-17(2,3)15(19)25-12-13-27-28(6,21)22/h7-14H2,1-6H3. The van der Waals surface area contributed by atoms with Crippen LogP contribution in [0.1, 0.15) is 40.5 Å². The first kappa shape index (κ1) is 26.8. The Kier molecular flexibility index (Phi) is 11.8. The smallest absolute Gasteiger partial charge is 0.311 e. The predicted molar refractivity (Wildman–Crippen MR) is 102 cm³/mol. The molecule has 1 unspecified atom stereocenters. The van der Waals surface area contributed by atoms with Crippen LogP contribution in [0.15, 0.2) is 0 Å². The summed E-state index contributed by atoms with van der Waals surface area (Å²) in [5, 5.41) is 0. The molecule has 0 aromatic carbocycles. The second-order valence-electron chi connectivity index (χ2n) is 7.38. The first-order valence-corrected chi connectivity index (χ1v) is 10.9. The largest absolute Gasteiger partial charge is 0.463 e. The highest BCUT2D eigenvalue weighted by Gasteiger charge is 2.42. The zero-order valence-corrected chi connectivity index (χ0v) is 18.6. The molecule has 9 nitrogen and oxygen atoms in total. The molecule has 0 aliphatic heterocycles. The van der Waals surface area contributed by atoms with Crippen molar-refractivity contribution in [2.24, 2.45) is 10.8 Å². The van der Waals surface area contributed by atoms with Gasteiger partial charge < -0.3 is 18.9 Å². The van der Waals surface area contributed by atoms with Crippen LogP contribution >= 0.6 is 0 Å². The maximum Gasteiger partial charge on any atom is 0.311 e. The minimum atomic E-state index is -3.59. The van der Waals surface area contributed by atoms with Crippen molar-refractivity contribution in [3.05, 3.63) is 0 Å². The number of esters is 2. The van der Waals surface area contributed by atoms with Crippen LogP contribution in [0.25, 0.3) is 0 Å². The topological polar surface area (TPSA) is 114 Å². The number of carbonyl (C=O) groups excluding carboxylic acids is 2. The molecule has 0 saturated carbocycles. The second kappa shape index (κ2) is 12.4. The van der Waals surface area contributed by atoms with E-state index in [9.17, 15) is 18.0 Å². The van der Waals surface area contributed by atoms with Gasteiger partial charge >= 0.3 is 11.9 Å². The number of carbonyl (C=O) groups is 2. The highest BCUT2D eigenvalue weighted by atomic mass is 32.2. The first-order valence-electron chi connectivity index (χ1n) is 9.13. The van der Waals surface area contributed by atoms with Gasteiger partial charge in [0.05, 0.1) is 36.9 Å². The van der Waals surface area contributed by atoms with Crippen LogP contribution in [-0.4, -0.2) is 73.4 Å². The van der Waals surface area contributed by atoms with Gasteiger partial charge in [0.1, 0.15) is 19.8 Å². The first-order chi connectivity index (χ1) is 12.9. The predicted octanol–water partition coefficient (Wildman–Crippen LogP) is 1.54. The summed E-state index contributed by atoms with van der Waals surface area (Å²) in [6.07, 6.45) is 1.61. The maximum absolute atomic E-state index is 12.5. The van der Waals surface area contributed by atoms with E-state index in [1.807, 2.05) is 6.92 Å². The van der Waals surface area contributed by atoms with Crippen molar-refractivity contribution in [1.82, 2.24) is 0 Å². The number of rotatable bonds is 15. The van der Waals surface area contributed by atoms with Crippen LogP contribution in [0, 0.1) is 10.8 Å². The number of hydrogen-bond acceptors (Lipinski definition) is 9. The van der Waals surface area contributed by atoms with Crippen molar-refractivity contribution in [1.29, 1.82) is 0 Å². The summed E-state index contributed by atoms with van der Waals surface area (Å²) in [7, 11) is -2.02. The van der Waals surface area contributed by atoms with Crippen LogP contribution in [-0.2, 0) is 42.8 Å². The molecule has 0 amide bonds. The third kappa shape index (κ3) is 10.9. The molecule has 0 radical (unpaired) electrons. The lowest BCUT2D eigenvalue weighted by Gasteiger charge is -2.33. The third-order valence-electron chi connectivity index (χ3n) is 4.16. The van der Waals surface area contributed by atoms with Crippen molar-refractivity contribution < 1.29 is 41.1 Å². The Morgan fingerprint density at radius 1 is 0.857 bits per heavy atom. The lowest BCUT2D eigenvalue weighted by molar-refractivity contribution is -0.164. The summed E-state index contributed by atoms with van der Waals surface area (Å²) in [5.41, 5.74) is -1.85. The van der Waals surface area contributed by atoms with Crippen LogP contribution in [0.2, 0.25) is 0 Å². The monoisotopic (exact) mass is 426 g/mol. The van der Waals surface area contributed by atoms with E-state index in [0.717, 1.165) is 6.26 Å². The van der Waals surface area contributed by atoms with Crippen molar-refractivity contribution in [2.75, 3.05) is 53.0 Å². The Morgan fingerprint density at radius 3 is 1.93 bits per heavy atom. The fraction of sp³-hybridized carbons (Fsp3) is 0.889. The molecule has 1 atom stereocenters. The molecule has 0 saturated heterocycles. The normalized spacial score (nSPS) is 14.4. The van der Waals surface area contributed by atoms with Gasteiger partial charge in [-0.25, -0.2) is 0 Å². The van der Waals surface area contributed by atoms with Crippen molar-refractivity contribution in [3.8, 4) is 0 Å². The average molecular weight is 427 g/mol. The molecule has 0 N–H and O–H groups in total. The molecule has 0 aliphatic rings.